The first-order chi connectivity index (χ1) is 12.0. The van der Waals surface area contributed by atoms with Crippen LogP contribution in [0.15, 0.2) is 46.8 Å². The summed E-state index contributed by atoms with van der Waals surface area (Å²) >= 11 is 0. The van der Waals surface area contributed by atoms with Crippen molar-refractivity contribution in [3.05, 3.63) is 53.3 Å². The number of fused-ring (bicyclic) bond motifs is 1. The van der Waals surface area contributed by atoms with Crippen molar-refractivity contribution in [2.75, 3.05) is 7.11 Å². The number of imidazole rings is 1. The number of hydrogen-bond donors (Lipinski definition) is 1. The van der Waals surface area contributed by atoms with E-state index in [4.69, 9.17) is 4.74 Å². The maximum absolute atomic E-state index is 11.7. The number of carbonyl (C=O) groups excluding carboxylic acids is 1. The van der Waals surface area contributed by atoms with Gasteiger partial charge in [0.15, 0.2) is 5.82 Å². The lowest BCUT2D eigenvalue weighted by Crippen LogP contribution is -2.04. The molecule has 0 saturated heterocycles. The number of esters is 1. The van der Waals surface area contributed by atoms with E-state index in [1.807, 2.05) is 32.2 Å². The Morgan fingerprint density at radius 2 is 2.04 bits per heavy atom. The Bertz CT molecular complexity index is 976. The van der Waals surface area contributed by atoms with E-state index in [0.717, 1.165) is 11.1 Å². The molecule has 3 rings (SSSR count). The molecule has 1 N–H and O–H groups in total. The molecule has 3 aromatic rings. The summed E-state index contributed by atoms with van der Waals surface area (Å²) in [6.45, 7) is 3.80. The van der Waals surface area contributed by atoms with E-state index in [1.165, 1.54) is 7.11 Å². The van der Waals surface area contributed by atoms with Crippen molar-refractivity contribution in [3.8, 4) is 5.75 Å². The number of carbonyl (C=O) groups is 1. The molecule has 0 unspecified atom stereocenters. The molecular weight excluding hydrogens is 320 g/mol. The predicted octanol–water partition coefficient (Wildman–Crippen LogP) is 3.79. The molecule has 0 amide bonds. The maximum atomic E-state index is 11.7. The highest BCUT2D eigenvalue weighted by Gasteiger charge is 2.16. The minimum absolute atomic E-state index is 0.0140. The molecule has 0 bridgehead atoms. The number of methoxy groups -OCH3 is 1. The van der Waals surface area contributed by atoms with Crippen LogP contribution in [0.3, 0.4) is 0 Å². The number of azo groups is 1. The molecule has 7 heteroatoms. The summed E-state index contributed by atoms with van der Waals surface area (Å²) in [5.74, 6) is 0.262. The largest absolute Gasteiger partial charge is 0.508 e. The van der Waals surface area contributed by atoms with E-state index >= 15 is 0 Å². The molecule has 128 valence electrons. The summed E-state index contributed by atoms with van der Waals surface area (Å²) < 4.78 is 6.52. The van der Waals surface area contributed by atoms with Crippen molar-refractivity contribution in [2.24, 2.45) is 10.2 Å². The average Bonchev–Trinajstić information content (AvgIpc) is 2.90. The number of hydrogen-bond acceptors (Lipinski definition) is 6. The summed E-state index contributed by atoms with van der Waals surface area (Å²) in [5, 5.41) is 18.1. The molecule has 2 heterocycles. The van der Waals surface area contributed by atoms with Crippen LogP contribution in [0.25, 0.3) is 5.65 Å². The minimum atomic E-state index is -0.391. The number of phenolic OH excluding ortho intramolecular Hbond substituents is 1. The Morgan fingerprint density at radius 1 is 1.24 bits per heavy atom. The third-order valence-electron chi connectivity index (χ3n) is 3.80. The van der Waals surface area contributed by atoms with Gasteiger partial charge in [0.2, 0.25) is 0 Å². The number of pyridine rings is 1. The topological polar surface area (TPSA) is 88.5 Å². The van der Waals surface area contributed by atoms with Crippen molar-refractivity contribution >= 4 is 23.1 Å². The van der Waals surface area contributed by atoms with Crippen LogP contribution in [0.5, 0.6) is 5.75 Å². The molecule has 1 aromatic carbocycles. The Hall–Kier alpha value is -3.22. The fourth-order valence-corrected chi connectivity index (χ4v) is 2.47. The van der Waals surface area contributed by atoms with Gasteiger partial charge in [-0.25, -0.2) is 4.98 Å². The van der Waals surface area contributed by atoms with Crippen LogP contribution < -0.4 is 0 Å². The molecule has 0 aliphatic rings. The number of aryl methyl sites for hydroxylation is 2. The number of benzene rings is 1. The second kappa shape index (κ2) is 6.72. The summed E-state index contributed by atoms with van der Waals surface area (Å²) in [4.78, 5) is 16.2. The highest BCUT2D eigenvalue weighted by Crippen LogP contribution is 2.28. The quantitative estimate of drug-likeness (QED) is 0.579. The first-order valence-corrected chi connectivity index (χ1v) is 7.73. The second-order valence-electron chi connectivity index (χ2n) is 5.74. The average molecular weight is 338 g/mol. The normalized spacial score (nSPS) is 11.3. The summed E-state index contributed by atoms with van der Waals surface area (Å²) in [7, 11) is 1.34. The van der Waals surface area contributed by atoms with Gasteiger partial charge in [0.05, 0.1) is 24.9 Å². The second-order valence-corrected chi connectivity index (χ2v) is 5.74. The first-order valence-electron chi connectivity index (χ1n) is 7.73. The first kappa shape index (κ1) is 16.6. The number of nitrogens with zero attached hydrogens (tertiary/aromatic N) is 4. The zero-order valence-corrected chi connectivity index (χ0v) is 14.2. The number of ether oxygens (including phenoxy) is 1. The fourth-order valence-electron chi connectivity index (χ4n) is 2.47. The van der Waals surface area contributed by atoms with Crippen molar-refractivity contribution < 1.29 is 14.6 Å². The van der Waals surface area contributed by atoms with Gasteiger partial charge in [-0.2, -0.15) is 0 Å². The molecule has 0 fully saturated rings. The van der Waals surface area contributed by atoms with Gasteiger partial charge in [0, 0.05) is 6.20 Å². The predicted molar refractivity (Wildman–Crippen MR) is 92.7 cm³/mol. The van der Waals surface area contributed by atoms with E-state index in [1.54, 1.807) is 22.6 Å². The summed E-state index contributed by atoms with van der Waals surface area (Å²) in [6, 6.07) is 8.69. The fraction of sp³-hybridized carbons (Fsp3) is 0.222. The van der Waals surface area contributed by atoms with Crippen LogP contribution >= 0.6 is 0 Å². The molecule has 7 nitrogen and oxygen atoms in total. The summed E-state index contributed by atoms with van der Waals surface area (Å²) in [5.41, 5.74) is 3.67. The maximum Gasteiger partial charge on any atom is 0.311 e. The lowest BCUT2D eigenvalue weighted by atomic mass is 10.2. The molecule has 2 aromatic heterocycles. The Morgan fingerprint density at radius 3 is 2.76 bits per heavy atom. The summed E-state index contributed by atoms with van der Waals surface area (Å²) in [6.07, 6.45) is 1.86. The Kier molecular flexibility index (Phi) is 4.47. The van der Waals surface area contributed by atoms with Crippen molar-refractivity contribution in [2.45, 2.75) is 20.3 Å². The third-order valence-corrected chi connectivity index (χ3v) is 3.80. The lowest BCUT2D eigenvalue weighted by molar-refractivity contribution is -0.139. The van der Waals surface area contributed by atoms with Crippen molar-refractivity contribution in [3.63, 3.8) is 0 Å². The van der Waals surface area contributed by atoms with Crippen LogP contribution in [0.2, 0.25) is 0 Å². The van der Waals surface area contributed by atoms with Crippen LogP contribution in [-0.4, -0.2) is 27.6 Å². The molecule has 0 spiro atoms. The van der Waals surface area contributed by atoms with Gasteiger partial charge in [-0.1, -0.05) is 0 Å². The molecule has 0 saturated carbocycles. The molecule has 0 radical (unpaired) electrons. The SMILES string of the molecule is COC(=O)Cc1nc2cc(C)ccn2c1N=Nc1ccc(O)cc1C. The lowest BCUT2D eigenvalue weighted by Gasteiger charge is -2.01. The number of aromatic hydroxyl groups is 1. The molecular formula is C18H18N4O3. The zero-order chi connectivity index (χ0) is 18.0. The zero-order valence-electron chi connectivity index (χ0n) is 14.2. The highest BCUT2D eigenvalue weighted by atomic mass is 16.5. The smallest absolute Gasteiger partial charge is 0.311 e. The number of phenols is 1. The van der Waals surface area contributed by atoms with Crippen molar-refractivity contribution in [1.29, 1.82) is 0 Å². The van der Waals surface area contributed by atoms with Gasteiger partial charge in [-0.05, 0) is 55.3 Å². The van der Waals surface area contributed by atoms with Crippen LogP contribution in [-0.2, 0) is 16.0 Å². The Balaban J connectivity index is 2.07. The number of aromatic nitrogens is 2. The van der Waals surface area contributed by atoms with E-state index < -0.39 is 5.97 Å². The van der Waals surface area contributed by atoms with Gasteiger partial charge < -0.3 is 9.84 Å². The monoisotopic (exact) mass is 338 g/mol. The van der Waals surface area contributed by atoms with Gasteiger partial charge in [-0.15, -0.1) is 10.2 Å². The van der Waals surface area contributed by atoms with Gasteiger partial charge in [0.1, 0.15) is 11.4 Å². The minimum Gasteiger partial charge on any atom is -0.508 e. The standard InChI is InChI=1S/C18H18N4O3/c1-11-6-7-22-16(8-11)19-15(10-17(24)25-3)18(22)21-20-14-5-4-13(23)9-12(14)2/h4-9,23H,10H2,1-3H3. The van der Waals surface area contributed by atoms with Crippen molar-refractivity contribution in [1.82, 2.24) is 9.38 Å². The van der Waals surface area contributed by atoms with Gasteiger partial charge in [-0.3, -0.25) is 9.20 Å². The van der Waals surface area contributed by atoms with Crippen LogP contribution in [0.4, 0.5) is 11.5 Å². The number of rotatable bonds is 4. The third kappa shape index (κ3) is 3.50. The highest BCUT2D eigenvalue weighted by molar-refractivity contribution is 5.74. The molecule has 0 atom stereocenters. The molecule has 0 aliphatic carbocycles. The van der Waals surface area contributed by atoms with Crippen LogP contribution in [0.1, 0.15) is 16.8 Å². The Labute approximate surface area is 144 Å². The van der Waals surface area contributed by atoms with E-state index in [2.05, 4.69) is 15.2 Å². The van der Waals surface area contributed by atoms with Gasteiger partial charge >= 0.3 is 5.97 Å². The van der Waals surface area contributed by atoms with E-state index in [9.17, 15) is 9.90 Å². The van der Waals surface area contributed by atoms with E-state index in [0.29, 0.717) is 22.8 Å². The molecule has 0 aliphatic heterocycles. The van der Waals surface area contributed by atoms with E-state index in [-0.39, 0.29) is 12.2 Å². The van der Waals surface area contributed by atoms with Crippen LogP contribution in [0, 0.1) is 13.8 Å². The molecule has 25 heavy (non-hydrogen) atoms. The van der Waals surface area contributed by atoms with Gasteiger partial charge in [0.25, 0.3) is 0 Å².